The third-order valence-corrected chi connectivity index (χ3v) is 4.15. The zero-order chi connectivity index (χ0) is 13.3. The van der Waals surface area contributed by atoms with Gasteiger partial charge in [0, 0.05) is 13.0 Å². The molecule has 3 rings (SSSR count). The number of rotatable bonds is 2. The Balaban J connectivity index is 1.96. The first kappa shape index (κ1) is 12.3. The van der Waals surface area contributed by atoms with Crippen LogP contribution in [0.3, 0.4) is 0 Å². The summed E-state index contributed by atoms with van der Waals surface area (Å²) < 4.78 is 13.1. The van der Waals surface area contributed by atoms with Crippen molar-refractivity contribution in [2.45, 2.75) is 37.5 Å². The lowest BCUT2D eigenvalue weighted by molar-refractivity contribution is -0.119. The first-order valence-electron chi connectivity index (χ1n) is 6.81. The van der Waals surface area contributed by atoms with Crippen molar-refractivity contribution in [1.29, 1.82) is 0 Å². The SMILES string of the molecule is O=C1CCCN=C(C2(c3ccc(F)cc3)CCC2)N1. The van der Waals surface area contributed by atoms with Gasteiger partial charge in [0.15, 0.2) is 0 Å². The maximum atomic E-state index is 13.1. The molecule has 1 N–H and O–H groups in total. The van der Waals surface area contributed by atoms with Crippen LogP contribution in [0.5, 0.6) is 0 Å². The van der Waals surface area contributed by atoms with E-state index < -0.39 is 0 Å². The fraction of sp³-hybridized carbons (Fsp3) is 0.467. The molecule has 1 saturated carbocycles. The molecule has 0 saturated heterocycles. The maximum absolute atomic E-state index is 13.1. The molecule has 1 aromatic rings. The highest BCUT2D eigenvalue weighted by Gasteiger charge is 2.44. The smallest absolute Gasteiger partial charge is 0.225 e. The van der Waals surface area contributed by atoms with Crippen molar-refractivity contribution >= 4 is 11.7 Å². The Kier molecular flexibility index (Phi) is 3.09. The van der Waals surface area contributed by atoms with E-state index in [0.717, 1.165) is 37.1 Å². The van der Waals surface area contributed by atoms with Crippen molar-refractivity contribution in [1.82, 2.24) is 5.32 Å². The summed E-state index contributed by atoms with van der Waals surface area (Å²) in [5, 5.41) is 2.95. The van der Waals surface area contributed by atoms with Gasteiger partial charge in [-0.3, -0.25) is 9.79 Å². The molecule has 1 aliphatic carbocycles. The lowest BCUT2D eigenvalue weighted by Crippen LogP contribution is -2.50. The highest BCUT2D eigenvalue weighted by Crippen LogP contribution is 2.44. The predicted octanol–water partition coefficient (Wildman–Crippen LogP) is 2.56. The third-order valence-electron chi connectivity index (χ3n) is 4.15. The first-order chi connectivity index (χ1) is 9.21. The minimum Gasteiger partial charge on any atom is -0.314 e. The van der Waals surface area contributed by atoms with Crippen LogP contribution in [-0.2, 0) is 10.2 Å². The summed E-state index contributed by atoms with van der Waals surface area (Å²) in [6.07, 6.45) is 4.39. The highest BCUT2D eigenvalue weighted by atomic mass is 19.1. The summed E-state index contributed by atoms with van der Waals surface area (Å²) in [5.41, 5.74) is 0.856. The first-order valence-corrected chi connectivity index (χ1v) is 6.81. The Morgan fingerprint density at radius 2 is 1.89 bits per heavy atom. The number of hydrogen-bond acceptors (Lipinski definition) is 2. The van der Waals surface area contributed by atoms with Crippen molar-refractivity contribution < 1.29 is 9.18 Å². The van der Waals surface area contributed by atoms with Gasteiger partial charge in [-0.25, -0.2) is 4.39 Å². The largest absolute Gasteiger partial charge is 0.314 e. The summed E-state index contributed by atoms with van der Waals surface area (Å²) in [4.78, 5) is 16.3. The Labute approximate surface area is 111 Å². The molecule has 0 unspecified atom stereocenters. The number of benzene rings is 1. The molecule has 0 bridgehead atoms. The van der Waals surface area contributed by atoms with Crippen LogP contribution in [-0.4, -0.2) is 18.3 Å². The van der Waals surface area contributed by atoms with Crippen LogP contribution in [0.4, 0.5) is 4.39 Å². The Hall–Kier alpha value is -1.71. The van der Waals surface area contributed by atoms with E-state index in [0.29, 0.717) is 13.0 Å². The predicted molar refractivity (Wildman–Crippen MR) is 71.6 cm³/mol. The van der Waals surface area contributed by atoms with Gasteiger partial charge in [0.05, 0.1) is 5.41 Å². The topological polar surface area (TPSA) is 41.5 Å². The summed E-state index contributed by atoms with van der Waals surface area (Å²) in [5.74, 6) is 0.600. The van der Waals surface area contributed by atoms with E-state index in [1.807, 2.05) is 12.1 Å². The lowest BCUT2D eigenvalue weighted by Gasteiger charge is -2.43. The number of carbonyl (C=O) groups is 1. The number of amides is 1. The second-order valence-corrected chi connectivity index (χ2v) is 5.32. The van der Waals surface area contributed by atoms with E-state index >= 15 is 0 Å². The summed E-state index contributed by atoms with van der Waals surface area (Å²) in [6.45, 7) is 0.691. The van der Waals surface area contributed by atoms with Crippen LogP contribution in [0.15, 0.2) is 29.3 Å². The number of amidine groups is 1. The molecule has 0 radical (unpaired) electrons. The molecule has 100 valence electrons. The van der Waals surface area contributed by atoms with E-state index in [4.69, 9.17) is 0 Å². The Bertz CT molecular complexity index is 517. The monoisotopic (exact) mass is 260 g/mol. The minimum absolute atomic E-state index is 0.0460. The van der Waals surface area contributed by atoms with Crippen LogP contribution in [0.25, 0.3) is 0 Å². The molecule has 0 spiro atoms. The van der Waals surface area contributed by atoms with Crippen molar-refractivity contribution in [2.24, 2.45) is 4.99 Å². The third kappa shape index (κ3) is 2.15. The van der Waals surface area contributed by atoms with Gasteiger partial charge in [0.25, 0.3) is 0 Å². The molecule has 1 aromatic carbocycles. The number of aliphatic imine (C=N–C) groups is 1. The van der Waals surface area contributed by atoms with Crippen molar-refractivity contribution in [3.05, 3.63) is 35.6 Å². The molecule has 1 amide bonds. The van der Waals surface area contributed by atoms with E-state index in [1.165, 1.54) is 12.1 Å². The Morgan fingerprint density at radius 3 is 2.53 bits per heavy atom. The second-order valence-electron chi connectivity index (χ2n) is 5.32. The Morgan fingerprint density at radius 1 is 1.16 bits per heavy atom. The van der Waals surface area contributed by atoms with E-state index in [1.54, 1.807) is 0 Å². The van der Waals surface area contributed by atoms with Gasteiger partial charge < -0.3 is 5.32 Å². The minimum atomic E-state index is -0.231. The normalized spacial score (nSPS) is 21.9. The summed E-state index contributed by atoms with van der Waals surface area (Å²) >= 11 is 0. The van der Waals surface area contributed by atoms with Crippen LogP contribution >= 0.6 is 0 Å². The maximum Gasteiger partial charge on any atom is 0.225 e. The van der Waals surface area contributed by atoms with Crippen molar-refractivity contribution in [3.8, 4) is 0 Å². The number of halogens is 1. The van der Waals surface area contributed by atoms with Gasteiger partial charge in [0.1, 0.15) is 11.7 Å². The molecule has 4 heteroatoms. The van der Waals surface area contributed by atoms with Gasteiger partial charge in [-0.05, 0) is 37.0 Å². The fourth-order valence-electron chi connectivity index (χ4n) is 2.90. The second kappa shape index (κ2) is 4.76. The number of nitrogens with zero attached hydrogens (tertiary/aromatic N) is 1. The van der Waals surface area contributed by atoms with Crippen LogP contribution < -0.4 is 5.32 Å². The number of carbonyl (C=O) groups excluding carboxylic acids is 1. The molecular weight excluding hydrogens is 243 g/mol. The molecule has 2 aliphatic rings. The molecule has 1 heterocycles. The summed E-state index contributed by atoms with van der Waals surface area (Å²) in [6, 6.07) is 6.59. The van der Waals surface area contributed by atoms with Crippen LogP contribution in [0, 0.1) is 5.82 Å². The van der Waals surface area contributed by atoms with Gasteiger partial charge in [-0.15, -0.1) is 0 Å². The molecule has 0 aromatic heterocycles. The molecule has 1 aliphatic heterocycles. The molecular formula is C15H17FN2O. The van der Waals surface area contributed by atoms with Gasteiger partial charge in [0.2, 0.25) is 5.91 Å². The zero-order valence-corrected chi connectivity index (χ0v) is 10.8. The van der Waals surface area contributed by atoms with Crippen LogP contribution in [0.1, 0.15) is 37.7 Å². The average Bonchev–Trinajstić information content (AvgIpc) is 2.55. The molecule has 1 fully saturated rings. The molecule has 0 atom stereocenters. The fourth-order valence-corrected chi connectivity index (χ4v) is 2.90. The standard InChI is InChI=1S/C15H17FN2O/c16-12-6-4-11(5-7-12)15(8-2-9-15)14-17-10-1-3-13(19)18-14/h4-7H,1-3,8-10H2,(H,17,18,19). The number of hydrogen-bond donors (Lipinski definition) is 1. The van der Waals surface area contributed by atoms with Gasteiger partial charge in [-0.1, -0.05) is 18.6 Å². The van der Waals surface area contributed by atoms with Crippen molar-refractivity contribution in [2.75, 3.05) is 6.54 Å². The highest BCUT2D eigenvalue weighted by molar-refractivity contribution is 6.05. The zero-order valence-electron chi connectivity index (χ0n) is 10.8. The average molecular weight is 260 g/mol. The quantitative estimate of drug-likeness (QED) is 0.872. The van der Waals surface area contributed by atoms with E-state index in [2.05, 4.69) is 10.3 Å². The van der Waals surface area contributed by atoms with Gasteiger partial charge in [-0.2, -0.15) is 0 Å². The van der Waals surface area contributed by atoms with Crippen LogP contribution in [0.2, 0.25) is 0 Å². The number of nitrogens with one attached hydrogen (secondary N) is 1. The van der Waals surface area contributed by atoms with Gasteiger partial charge >= 0.3 is 0 Å². The molecule has 19 heavy (non-hydrogen) atoms. The van der Waals surface area contributed by atoms with E-state index in [-0.39, 0.29) is 17.1 Å². The van der Waals surface area contributed by atoms with E-state index in [9.17, 15) is 9.18 Å². The van der Waals surface area contributed by atoms with Crippen molar-refractivity contribution in [3.63, 3.8) is 0 Å². The summed E-state index contributed by atoms with van der Waals surface area (Å²) in [7, 11) is 0. The lowest BCUT2D eigenvalue weighted by atomic mass is 9.63. The molecule has 3 nitrogen and oxygen atoms in total.